The van der Waals surface area contributed by atoms with Crippen LogP contribution in [0, 0.1) is 0 Å². The molecule has 0 radical (unpaired) electrons. The maximum atomic E-state index is 5.47. The predicted molar refractivity (Wildman–Crippen MR) is 105 cm³/mol. The zero-order valence-corrected chi connectivity index (χ0v) is 15.8. The molecule has 1 aromatic carbocycles. The largest absolute Gasteiger partial charge is 0.494 e. The molecular weight excluding hydrogens is 330 g/mol. The maximum absolute atomic E-state index is 5.47. The monoisotopic (exact) mass is 357 g/mol. The van der Waals surface area contributed by atoms with Crippen molar-refractivity contribution in [2.75, 3.05) is 44.8 Å². The lowest BCUT2D eigenvalue weighted by Crippen LogP contribution is -2.50. The summed E-state index contributed by atoms with van der Waals surface area (Å²) in [6.07, 6.45) is 2.74. The van der Waals surface area contributed by atoms with Crippen LogP contribution in [0.3, 0.4) is 0 Å². The van der Waals surface area contributed by atoms with E-state index in [1.54, 1.807) is 7.11 Å². The fourth-order valence-electron chi connectivity index (χ4n) is 3.98. The fourth-order valence-corrected chi connectivity index (χ4v) is 5.06. The Labute approximate surface area is 154 Å². The van der Waals surface area contributed by atoms with Crippen LogP contribution in [-0.4, -0.2) is 65.6 Å². The maximum Gasteiger partial charge on any atom is 0.145 e. The summed E-state index contributed by atoms with van der Waals surface area (Å²) < 4.78 is 5.47. The van der Waals surface area contributed by atoms with Gasteiger partial charge in [0.05, 0.1) is 12.8 Å². The minimum absolute atomic E-state index is 0.825. The highest BCUT2D eigenvalue weighted by molar-refractivity contribution is 7.99. The van der Waals surface area contributed by atoms with Gasteiger partial charge in [0, 0.05) is 44.2 Å². The molecule has 0 aliphatic carbocycles. The third-order valence-electron chi connectivity index (χ3n) is 5.46. The van der Waals surface area contributed by atoms with E-state index in [1.165, 1.54) is 37.4 Å². The zero-order valence-electron chi connectivity index (χ0n) is 15.0. The van der Waals surface area contributed by atoms with Crippen LogP contribution in [0.25, 0.3) is 10.9 Å². The molecule has 2 aliphatic rings. The van der Waals surface area contributed by atoms with Crippen LogP contribution in [-0.2, 0) is 6.54 Å². The van der Waals surface area contributed by atoms with Gasteiger partial charge in [-0.25, -0.2) is 4.98 Å². The molecule has 25 heavy (non-hydrogen) atoms. The molecule has 3 heterocycles. The molecule has 2 aliphatic heterocycles. The van der Waals surface area contributed by atoms with E-state index in [0.717, 1.165) is 48.0 Å². The van der Waals surface area contributed by atoms with Crippen molar-refractivity contribution in [3.63, 3.8) is 0 Å². The van der Waals surface area contributed by atoms with Crippen molar-refractivity contribution in [3.8, 4) is 5.75 Å². The van der Waals surface area contributed by atoms with Crippen molar-refractivity contribution in [2.45, 2.75) is 25.4 Å². The summed E-state index contributed by atoms with van der Waals surface area (Å²) in [5.74, 6) is 3.54. The van der Waals surface area contributed by atoms with E-state index in [0.29, 0.717) is 0 Å². The highest BCUT2D eigenvalue weighted by Gasteiger charge is 2.25. The Morgan fingerprint density at radius 1 is 1.08 bits per heavy atom. The quantitative estimate of drug-likeness (QED) is 0.838. The molecule has 0 N–H and O–H groups in total. The normalized spacial score (nSPS) is 20.8. The van der Waals surface area contributed by atoms with Gasteiger partial charge in [-0.05, 0) is 36.5 Å². The lowest BCUT2D eigenvalue weighted by Gasteiger charge is -2.40. The lowest BCUT2D eigenvalue weighted by atomic mass is 10.1. The van der Waals surface area contributed by atoms with E-state index >= 15 is 0 Å². The number of fused-ring (bicyclic) bond motifs is 1. The van der Waals surface area contributed by atoms with Gasteiger partial charge in [-0.3, -0.25) is 9.80 Å². The topological polar surface area (TPSA) is 28.6 Å². The average molecular weight is 358 g/mol. The molecule has 0 atom stereocenters. The van der Waals surface area contributed by atoms with Crippen molar-refractivity contribution < 1.29 is 4.74 Å². The van der Waals surface area contributed by atoms with Gasteiger partial charge >= 0.3 is 0 Å². The first kappa shape index (κ1) is 17.1. The molecule has 4 nitrogen and oxygen atoms in total. The van der Waals surface area contributed by atoms with Crippen LogP contribution in [0.15, 0.2) is 30.3 Å². The van der Waals surface area contributed by atoms with Gasteiger partial charge in [-0.1, -0.05) is 18.2 Å². The summed E-state index contributed by atoms with van der Waals surface area (Å²) >= 11 is 2.11. The molecule has 2 saturated heterocycles. The van der Waals surface area contributed by atoms with Crippen LogP contribution < -0.4 is 4.74 Å². The van der Waals surface area contributed by atoms with Gasteiger partial charge in [-0.2, -0.15) is 11.8 Å². The number of hydrogen-bond acceptors (Lipinski definition) is 5. The Hall–Kier alpha value is -1.30. The second-order valence-electron chi connectivity index (χ2n) is 6.99. The number of hydrogen-bond donors (Lipinski definition) is 0. The van der Waals surface area contributed by atoms with Crippen molar-refractivity contribution in [2.24, 2.45) is 0 Å². The van der Waals surface area contributed by atoms with E-state index in [1.807, 2.05) is 12.1 Å². The first-order chi connectivity index (χ1) is 12.3. The van der Waals surface area contributed by atoms with Gasteiger partial charge in [0.15, 0.2) is 0 Å². The smallest absolute Gasteiger partial charge is 0.145 e. The molecule has 1 aromatic heterocycles. The second-order valence-corrected chi connectivity index (χ2v) is 8.21. The summed E-state index contributed by atoms with van der Waals surface area (Å²) in [5, 5.41) is 1.14. The number of aromatic nitrogens is 1. The third-order valence-corrected chi connectivity index (χ3v) is 6.51. The summed E-state index contributed by atoms with van der Waals surface area (Å²) in [4.78, 5) is 10.1. The SMILES string of the molecule is COc1cccc2ccc(CN3CCN(C4CCSCC4)CC3)nc12. The molecule has 4 rings (SSSR count). The van der Waals surface area contributed by atoms with Gasteiger partial charge in [-0.15, -0.1) is 0 Å². The molecule has 0 unspecified atom stereocenters. The van der Waals surface area contributed by atoms with Crippen LogP contribution in [0.5, 0.6) is 5.75 Å². The number of methoxy groups -OCH3 is 1. The molecule has 5 heteroatoms. The molecule has 134 valence electrons. The lowest BCUT2D eigenvalue weighted by molar-refractivity contribution is 0.0873. The van der Waals surface area contributed by atoms with Crippen LogP contribution >= 0.6 is 11.8 Å². The number of pyridine rings is 1. The number of rotatable bonds is 4. The number of para-hydroxylation sites is 1. The van der Waals surface area contributed by atoms with E-state index in [-0.39, 0.29) is 0 Å². The summed E-state index contributed by atoms with van der Waals surface area (Å²) in [5.41, 5.74) is 2.11. The van der Waals surface area contributed by atoms with Crippen LogP contribution in [0.4, 0.5) is 0 Å². The molecular formula is C20H27N3OS. The van der Waals surface area contributed by atoms with Crippen molar-refractivity contribution in [1.29, 1.82) is 0 Å². The fraction of sp³-hybridized carbons (Fsp3) is 0.550. The van der Waals surface area contributed by atoms with Crippen molar-refractivity contribution >= 4 is 22.7 Å². The number of benzene rings is 1. The van der Waals surface area contributed by atoms with Gasteiger partial charge in [0.2, 0.25) is 0 Å². The van der Waals surface area contributed by atoms with E-state index in [2.05, 4.69) is 39.8 Å². The molecule has 2 aromatic rings. The van der Waals surface area contributed by atoms with E-state index in [9.17, 15) is 0 Å². The van der Waals surface area contributed by atoms with Gasteiger partial charge in [0.1, 0.15) is 11.3 Å². The van der Waals surface area contributed by atoms with E-state index < -0.39 is 0 Å². The van der Waals surface area contributed by atoms with Crippen LogP contribution in [0.2, 0.25) is 0 Å². The van der Waals surface area contributed by atoms with Crippen molar-refractivity contribution in [1.82, 2.24) is 14.8 Å². The van der Waals surface area contributed by atoms with E-state index in [4.69, 9.17) is 9.72 Å². The Morgan fingerprint density at radius 2 is 1.88 bits per heavy atom. The molecule has 0 saturated carbocycles. The van der Waals surface area contributed by atoms with Crippen LogP contribution in [0.1, 0.15) is 18.5 Å². The Balaban J connectivity index is 1.39. The summed E-state index contributed by atoms with van der Waals surface area (Å²) in [7, 11) is 1.71. The Kier molecular flexibility index (Phi) is 5.44. The predicted octanol–water partition coefficient (Wildman–Crippen LogP) is 3.26. The number of nitrogens with zero attached hydrogens (tertiary/aromatic N) is 3. The number of piperazine rings is 1. The average Bonchev–Trinajstić information content (AvgIpc) is 2.69. The molecule has 2 fully saturated rings. The summed E-state index contributed by atoms with van der Waals surface area (Å²) in [6, 6.07) is 11.2. The Morgan fingerprint density at radius 3 is 2.64 bits per heavy atom. The molecule has 0 bridgehead atoms. The Bertz CT molecular complexity index is 709. The highest BCUT2D eigenvalue weighted by Crippen LogP contribution is 2.25. The molecule has 0 amide bonds. The summed E-state index contributed by atoms with van der Waals surface area (Å²) in [6.45, 7) is 5.63. The first-order valence-electron chi connectivity index (χ1n) is 9.30. The van der Waals surface area contributed by atoms with Gasteiger partial charge < -0.3 is 4.74 Å². The zero-order chi connectivity index (χ0) is 17.1. The minimum Gasteiger partial charge on any atom is -0.494 e. The number of ether oxygens (including phenoxy) is 1. The first-order valence-corrected chi connectivity index (χ1v) is 10.5. The minimum atomic E-state index is 0.825. The highest BCUT2D eigenvalue weighted by atomic mass is 32.2. The van der Waals surface area contributed by atoms with Crippen molar-refractivity contribution in [3.05, 3.63) is 36.0 Å². The standard InChI is InChI=1S/C20H27N3OS/c1-24-19-4-2-3-16-5-6-17(21-20(16)19)15-22-9-11-23(12-10-22)18-7-13-25-14-8-18/h2-6,18H,7-15H2,1H3. The third kappa shape index (κ3) is 3.94. The second kappa shape index (κ2) is 7.94. The number of thioether (sulfide) groups is 1. The molecule has 0 spiro atoms. The van der Waals surface area contributed by atoms with Gasteiger partial charge in [0.25, 0.3) is 0 Å².